The molecule has 2 aliphatic rings. The molecule has 0 radical (unpaired) electrons. The Hall–Kier alpha value is -2.14. The van der Waals surface area contributed by atoms with E-state index in [-0.39, 0.29) is 11.3 Å². The van der Waals surface area contributed by atoms with E-state index in [2.05, 4.69) is 41.3 Å². The molecular formula is C20H26N4O. The van der Waals surface area contributed by atoms with Crippen molar-refractivity contribution < 1.29 is 4.79 Å². The maximum absolute atomic E-state index is 12.9. The van der Waals surface area contributed by atoms with Crippen LogP contribution in [0, 0.1) is 6.92 Å². The van der Waals surface area contributed by atoms with E-state index in [0.717, 1.165) is 51.1 Å². The average Bonchev–Trinajstić information content (AvgIpc) is 3.13. The highest BCUT2D eigenvalue weighted by Gasteiger charge is 2.50. The SMILES string of the molecule is Cc1cnn(CCCN2CCC3(CC2)C(=O)N(C)c2ccccc23)c1. The summed E-state index contributed by atoms with van der Waals surface area (Å²) in [4.78, 5) is 17.3. The summed E-state index contributed by atoms with van der Waals surface area (Å²) in [5, 5.41) is 4.35. The molecule has 1 saturated heterocycles. The van der Waals surface area contributed by atoms with E-state index in [1.807, 2.05) is 28.9 Å². The van der Waals surface area contributed by atoms with Crippen LogP contribution < -0.4 is 4.90 Å². The van der Waals surface area contributed by atoms with E-state index >= 15 is 0 Å². The molecule has 1 fully saturated rings. The van der Waals surface area contributed by atoms with Gasteiger partial charge in [-0.05, 0) is 63.0 Å². The van der Waals surface area contributed by atoms with Gasteiger partial charge < -0.3 is 9.80 Å². The largest absolute Gasteiger partial charge is 0.314 e. The van der Waals surface area contributed by atoms with Crippen LogP contribution in [0.4, 0.5) is 5.69 Å². The molecule has 0 saturated carbocycles. The molecule has 0 bridgehead atoms. The number of para-hydroxylation sites is 1. The van der Waals surface area contributed by atoms with Gasteiger partial charge in [0.1, 0.15) is 0 Å². The Bertz CT molecular complexity index is 774. The summed E-state index contributed by atoms with van der Waals surface area (Å²) >= 11 is 0. The third kappa shape index (κ3) is 2.76. The Morgan fingerprint density at radius 2 is 1.92 bits per heavy atom. The van der Waals surface area contributed by atoms with Crippen molar-refractivity contribution in [3.63, 3.8) is 0 Å². The van der Waals surface area contributed by atoms with Crippen molar-refractivity contribution in [2.75, 3.05) is 31.6 Å². The maximum atomic E-state index is 12.9. The van der Waals surface area contributed by atoms with Gasteiger partial charge in [-0.15, -0.1) is 0 Å². The number of hydrogen-bond acceptors (Lipinski definition) is 3. The number of fused-ring (bicyclic) bond motifs is 2. The van der Waals surface area contributed by atoms with E-state index in [9.17, 15) is 4.79 Å². The van der Waals surface area contributed by atoms with Gasteiger partial charge in [-0.3, -0.25) is 9.48 Å². The predicted molar refractivity (Wildman–Crippen MR) is 98.8 cm³/mol. The number of rotatable bonds is 4. The van der Waals surface area contributed by atoms with Gasteiger partial charge in [0.15, 0.2) is 0 Å². The van der Waals surface area contributed by atoms with Gasteiger partial charge in [0.2, 0.25) is 5.91 Å². The lowest BCUT2D eigenvalue weighted by atomic mass is 9.73. The number of carbonyl (C=O) groups excluding carboxylic acids is 1. The Morgan fingerprint density at radius 1 is 1.16 bits per heavy atom. The molecule has 2 aliphatic heterocycles. The first-order valence-electron chi connectivity index (χ1n) is 9.19. The summed E-state index contributed by atoms with van der Waals surface area (Å²) in [5.41, 5.74) is 3.24. The molecule has 1 amide bonds. The van der Waals surface area contributed by atoms with Crippen molar-refractivity contribution in [2.24, 2.45) is 0 Å². The van der Waals surface area contributed by atoms with Crippen LogP contribution in [0.15, 0.2) is 36.7 Å². The van der Waals surface area contributed by atoms with Crippen molar-refractivity contribution in [3.05, 3.63) is 47.8 Å². The highest BCUT2D eigenvalue weighted by atomic mass is 16.2. The first-order chi connectivity index (χ1) is 12.1. The van der Waals surface area contributed by atoms with Crippen molar-refractivity contribution in [1.82, 2.24) is 14.7 Å². The third-order valence-electron chi connectivity index (χ3n) is 5.83. The molecule has 0 aliphatic carbocycles. The number of nitrogens with zero attached hydrogens (tertiary/aromatic N) is 4. The predicted octanol–water partition coefficient (Wildman–Crippen LogP) is 2.59. The number of piperidine rings is 1. The number of likely N-dealkylation sites (tertiary alicyclic amines) is 1. The fourth-order valence-corrected chi connectivity index (χ4v) is 4.40. The number of aryl methyl sites for hydroxylation is 2. The van der Waals surface area contributed by atoms with E-state index in [1.165, 1.54) is 11.1 Å². The molecule has 1 spiro atoms. The van der Waals surface area contributed by atoms with Crippen molar-refractivity contribution in [2.45, 2.75) is 38.1 Å². The topological polar surface area (TPSA) is 41.4 Å². The number of benzene rings is 1. The number of amides is 1. The van der Waals surface area contributed by atoms with Crippen LogP contribution in [-0.2, 0) is 16.8 Å². The number of aromatic nitrogens is 2. The van der Waals surface area contributed by atoms with Crippen LogP contribution in [0.3, 0.4) is 0 Å². The number of likely N-dealkylation sites (N-methyl/N-ethyl adjacent to an activating group) is 1. The fraction of sp³-hybridized carbons (Fsp3) is 0.500. The quantitative estimate of drug-likeness (QED) is 0.860. The molecule has 0 unspecified atom stereocenters. The van der Waals surface area contributed by atoms with E-state index in [4.69, 9.17) is 0 Å². The van der Waals surface area contributed by atoms with E-state index < -0.39 is 0 Å². The maximum Gasteiger partial charge on any atom is 0.237 e. The fourth-order valence-electron chi connectivity index (χ4n) is 4.40. The standard InChI is InChI=1S/C20H26N4O/c1-16-14-21-24(15-16)11-5-10-23-12-8-20(9-13-23)17-6-3-4-7-18(17)22(2)19(20)25/h3-4,6-7,14-15H,5,8-13H2,1-2H3. The van der Waals surface area contributed by atoms with Gasteiger partial charge in [-0.2, -0.15) is 5.10 Å². The molecule has 1 aromatic carbocycles. The zero-order valence-corrected chi connectivity index (χ0v) is 15.1. The molecule has 25 heavy (non-hydrogen) atoms. The Kier molecular flexibility index (Phi) is 4.12. The van der Waals surface area contributed by atoms with Crippen molar-refractivity contribution >= 4 is 11.6 Å². The molecule has 132 valence electrons. The molecule has 0 atom stereocenters. The molecule has 3 heterocycles. The monoisotopic (exact) mass is 338 g/mol. The van der Waals surface area contributed by atoms with Crippen LogP contribution in [-0.4, -0.2) is 47.3 Å². The third-order valence-corrected chi connectivity index (χ3v) is 5.83. The first-order valence-corrected chi connectivity index (χ1v) is 9.19. The summed E-state index contributed by atoms with van der Waals surface area (Å²) in [7, 11) is 1.91. The van der Waals surface area contributed by atoms with Crippen molar-refractivity contribution in [1.29, 1.82) is 0 Å². The second-order valence-electron chi connectivity index (χ2n) is 7.44. The minimum atomic E-state index is -0.291. The Morgan fingerprint density at radius 3 is 2.64 bits per heavy atom. The van der Waals surface area contributed by atoms with Gasteiger partial charge in [0, 0.05) is 25.5 Å². The normalized spacial score (nSPS) is 19.6. The summed E-state index contributed by atoms with van der Waals surface area (Å²) in [6, 6.07) is 8.30. The van der Waals surface area contributed by atoms with E-state index in [1.54, 1.807) is 0 Å². The highest BCUT2D eigenvalue weighted by Crippen LogP contribution is 2.47. The van der Waals surface area contributed by atoms with Crippen LogP contribution in [0.1, 0.15) is 30.4 Å². The van der Waals surface area contributed by atoms with Gasteiger partial charge in [-0.25, -0.2) is 0 Å². The molecule has 2 aromatic rings. The second kappa shape index (κ2) is 6.30. The lowest BCUT2D eigenvalue weighted by Crippen LogP contribution is -2.48. The summed E-state index contributed by atoms with van der Waals surface area (Å²) in [6.45, 7) is 6.08. The van der Waals surface area contributed by atoms with Crippen LogP contribution in [0.25, 0.3) is 0 Å². The smallest absolute Gasteiger partial charge is 0.237 e. The summed E-state index contributed by atoms with van der Waals surface area (Å²) < 4.78 is 2.02. The average molecular weight is 338 g/mol. The molecule has 0 N–H and O–H groups in total. The van der Waals surface area contributed by atoms with Gasteiger partial charge in [0.05, 0.1) is 11.6 Å². The number of hydrogen-bond donors (Lipinski definition) is 0. The van der Waals surface area contributed by atoms with Gasteiger partial charge >= 0.3 is 0 Å². The molecular weight excluding hydrogens is 312 g/mol. The zero-order chi connectivity index (χ0) is 17.4. The van der Waals surface area contributed by atoms with Crippen LogP contribution >= 0.6 is 0 Å². The molecule has 1 aromatic heterocycles. The minimum absolute atomic E-state index is 0.278. The van der Waals surface area contributed by atoms with Crippen molar-refractivity contribution in [3.8, 4) is 0 Å². The lowest BCUT2D eigenvalue weighted by Gasteiger charge is -2.38. The van der Waals surface area contributed by atoms with Crippen LogP contribution in [0.2, 0.25) is 0 Å². The lowest BCUT2D eigenvalue weighted by molar-refractivity contribution is -0.124. The number of anilines is 1. The molecule has 5 heteroatoms. The Labute approximate surface area is 149 Å². The summed E-state index contributed by atoms with van der Waals surface area (Å²) in [5.74, 6) is 0.278. The Balaban J connectivity index is 1.37. The highest BCUT2D eigenvalue weighted by molar-refractivity contribution is 6.07. The van der Waals surface area contributed by atoms with E-state index in [0.29, 0.717) is 0 Å². The van der Waals surface area contributed by atoms with Gasteiger partial charge in [-0.1, -0.05) is 18.2 Å². The minimum Gasteiger partial charge on any atom is -0.314 e. The molecule has 4 rings (SSSR count). The molecule has 5 nitrogen and oxygen atoms in total. The first kappa shape index (κ1) is 16.3. The number of carbonyl (C=O) groups is 1. The zero-order valence-electron chi connectivity index (χ0n) is 15.1. The second-order valence-corrected chi connectivity index (χ2v) is 7.44. The van der Waals surface area contributed by atoms with Gasteiger partial charge in [0.25, 0.3) is 0 Å². The summed E-state index contributed by atoms with van der Waals surface area (Å²) in [6.07, 6.45) is 6.94. The van der Waals surface area contributed by atoms with Crippen LogP contribution in [0.5, 0.6) is 0 Å².